The van der Waals surface area contributed by atoms with Gasteiger partial charge in [-0.1, -0.05) is 168 Å². The molecule has 1 atom stereocenters. The summed E-state index contributed by atoms with van der Waals surface area (Å²) in [7, 11) is -1.50. The molecule has 0 aromatic heterocycles. The molecule has 0 bridgehead atoms. The zero-order chi connectivity index (χ0) is 49.4. The first-order chi connectivity index (χ1) is 31.8. The number of ether oxygens (including phenoxy) is 1. The fourth-order valence-corrected chi connectivity index (χ4v) is 8.14. The molecule has 0 spiro atoms. The molecule has 66 heavy (non-hydrogen) atoms. The number of amides is 1. The predicted molar refractivity (Wildman–Crippen MR) is 267 cm³/mol. The van der Waals surface area contributed by atoms with Crippen LogP contribution in [0.15, 0.2) is 0 Å². The van der Waals surface area contributed by atoms with Crippen molar-refractivity contribution in [2.75, 3.05) is 119 Å². The molecular formula is C50H104N4O11S. The molecule has 0 aliphatic rings. The quantitative estimate of drug-likeness (QED) is 0.0154. The van der Waals surface area contributed by atoms with Crippen molar-refractivity contribution in [3.63, 3.8) is 0 Å². The van der Waals surface area contributed by atoms with Gasteiger partial charge in [-0.2, -0.15) is 0 Å². The lowest BCUT2D eigenvalue weighted by atomic mass is 10.0. The van der Waals surface area contributed by atoms with Gasteiger partial charge in [-0.05, 0) is 12.8 Å². The molecule has 1 amide bonds. The van der Waals surface area contributed by atoms with Gasteiger partial charge >= 0.3 is 5.97 Å². The Bertz CT molecular complexity index is 1170. The number of esters is 1. The van der Waals surface area contributed by atoms with Crippen LogP contribution in [0.1, 0.15) is 194 Å². The van der Waals surface area contributed by atoms with Gasteiger partial charge in [0.05, 0.1) is 60.2 Å². The monoisotopic (exact) mass is 969 g/mol. The molecule has 0 rings (SSSR count). The second kappa shape index (κ2) is 48.5. The lowest BCUT2D eigenvalue weighted by Gasteiger charge is -2.38. The van der Waals surface area contributed by atoms with Crippen LogP contribution in [-0.2, 0) is 28.9 Å². The molecule has 0 saturated heterocycles. The Morgan fingerprint density at radius 1 is 0.485 bits per heavy atom. The summed E-state index contributed by atoms with van der Waals surface area (Å²) in [6.45, 7) is 11.2. The van der Waals surface area contributed by atoms with Gasteiger partial charge < -0.3 is 39.1 Å². The zero-order valence-corrected chi connectivity index (χ0v) is 43.8. The van der Waals surface area contributed by atoms with Crippen molar-refractivity contribution in [3.05, 3.63) is 0 Å². The Hall–Kier alpha value is -1.47. The minimum absolute atomic E-state index is 0.0147. The van der Waals surface area contributed by atoms with Crippen molar-refractivity contribution >= 4 is 22.3 Å². The van der Waals surface area contributed by atoms with E-state index in [9.17, 15) is 43.0 Å². The van der Waals surface area contributed by atoms with Gasteiger partial charge in [-0.25, -0.2) is 8.42 Å². The molecule has 0 aliphatic heterocycles. The van der Waals surface area contributed by atoms with Crippen molar-refractivity contribution < 1.29 is 56.4 Å². The molecular weight excluding hydrogens is 865 g/mol. The van der Waals surface area contributed by atoms with Crippen LogP contribution >= 0.6 is 0 Å². The summed E-state index contributed by atoms with van der Waals surface area (Å²) in [5.41, 5.74) is 0. The molecule has 396 valence electrons. The maximum absolute atomic E-state index is 13.2. The lowest BCUT2D eigenvalue weighted by molar-refractivity contribution is -0.908. The van der Waals surface area contributed by atoms with Crippen LogP contribution in [-0.4, -0.2) is 184 Å². The first-order valence-corrected chi connectivity index (χ1v) is 27.8. The number of rotatable bonds is 49. The van der Waals surface area contributed by atoms with Crippen LogP contribution in [0.2, 0.25) is 0 Å². The van der Waals surface area contributed by atoms with E-state index in [1.165, 1.54) is 141 Å². The van der Waals surface area contributed by atoms with Crippen LogP contribution in [0, 0.1) is 0 Å². The van der Waals surface area contributed by atoms with E-state index in [1.807, 2.05) is 0 Å². The number of aliphatic hydroxyl groups excluding tert-OH is 4. The Balaban J connectivity index is 0. The lowest BCUT2D eigenvalue weighted by Crippen LogP contribution is -2.54. The fraction of sp³-hybridized carbons (Fsp3) is 0.960. The molecule has 0 aromatic carbocycles. The second-order valence-electron chi connectivity index (χ2n) is 18.5. The fourth-order valence-electron chi connectivity index (χ4n) is 8.14. The molecule has 0 saturated carbocycles. The van der Waals surface area contributed by atoms with Crippen LogP contribution in [0.25, 0.3) is 0 Å². The molecule has 15 nitrogen and oxygen atoms in total. The van der Waals surface area contributed by atoms with Crippen molar-refractivity contribution in [2.45, 2.75) is 194 Å². The zero-order valence-electron chi connectivity index (χ0n) is 43.0. The van der Waals surface area contributed by atoms with E-state index in [4.69, 9.17) is 4.74 Å². The minimum atomic E-state index is -4.41. The highest BCUT2D eigenvalue weighted by Gasteiger charge is 2.25. The van der Waals surface area contributed by atoms with Crippen molar-refractivity contribution in [3.8, 4) is 0 Å². The van der Waals surface area contributed by atoms with Gasteiger partial charge in [0.15, 0.2) is 0 Å². The second-order valence-corrected chi connectivity index (χ2v) is 19.7. The first kappa shape index (κ1) is 66.6. The highest BCUT2D eigenvalue weighted by Crippen LogP contribution is 2.15. The first-order valence-electron chi connectivity index (χ1n) is 26.5. The van der Waals surface area contributed by atoms with Gasteiger partial charge in [0, 0.05) is 58.7 Å². The summed E-state index contributed by atoms with van der Waals surface area (Å²) in [5, 5.41) is 39.3. The summed E-state index contributed by atoms with van der Waals surface area (Å²) >= 11 is 0. The van der Waals surface area contributed by atoms with Gasteiger partial charge in [0.25, 0.3) is 0 Å². The number of carbonyl (C=O) groups excluding carboxylic acids is 2. The van der Waals surface area contributed by atoms with E-state index in [2.05, 4.69) is 34.9 Å². The molecule has 0 aromatic rings. The highest BCUT2D eigenvalue weighted by atomic mass is 32.3. The minimum Gasteiger partial charge on any atom is -0.726 e. The van der Waals surface area contributed by atoms with Crippen LogP contribution < -0.4 is 0 Å². The van der Waals surface area contributed by atoms with Gasteiger partial charge in [-0.15, -0.1) is 0 Å². The normalized spacial score (nSPS) is 12.7. The molecule has 0 heterocycles. The summed E-state index contributed by atoms with van der Waals surface area (Å²) < 4.78 is 37.1. The molecule has 0 aliphatic carbocycles. The van der Waals surface area contributed by atoms with E-state index in [-0.39, 0.29) is 38.3 Å². The maximum Gasteiger partial charge on any atom is 0.305 e. The van der Waals surface area contributed by atoms with Crippen molar-refractivity contribution in [1.29, 1.82) is 0 Å². The molecule has 1 unspecified atom stereocenters. The van der Waals surface area contributed by atoms with Gasteiger partial charge in [0.1, 0.15) is 13.2 Å². The van der Waals surface area contributed by atoms with E-state index < -0.39 is 10.4 Å². The maximum atomic E-state index is 13.2. The SMILES string of the molecule is CCCCCCCCCCCCCCCC(=O)OCCN(CCO)CCN(CCO)CC[N+](C)(CCO)CCN(CCO)C(=O)CCCCCCCCCCCCCCC.COS(=O)(=O)[O-]. The van der Waals surface area contributed by atoms with Crippen molar-refractivity contribution in [1.82, 2.24) is 14.7 Å². The third kappa shape index (κ3) is 46.3. The third-order valence-electron chi connectivity index (χ3n) is 12.6. The number of unbranched alkanes of at least 4 members (excludes halogenated alkanes) is 24. The Morgan fingerprint density at radius 3 is 1.23 bits per heavy atom. The topological polar surface area (TPSA) is 200 Å². The van der Waals surface area contributed by atoms with E-state index in [0.717, 1.165) is 39.3 Å². The number of likely N-dealkylation sites (N-methyl/N-ethyl adjacent to an activating group) is 1. The summed E-state index contributed by atoms with van der Waals surface area (Å²) in [6.07, 6.45) is 34.0. The standard InChI is InChI=1S/C49H101N4O7.CH4O4S/c1-4-6-8-10-12-14-16-18-20-22-24-26-28-30-48(58)52(38-45-56)35-41-53(3,42-46-57)40-34-50(36-43-54)32-33-51(37-44-55)39-47-60-49(59)31-29-27-25-23-21-19-17-15-13-11-9-7-5-2;1-5-6(2,3)4/h54-57H,4-47H2,1-3H3;1H3,(H,2,3,4)/q+1;/p-1. The highest BCUT2D eigenvalue weighted by molar-refractivity contribution is 7.80. The summed E-state index contributed by atoms with van der Waals surface area (Å²) in [5.74, 6) is -0.0532. The van der Waals surface area contributed by atoms with Gasteiger partial charge in [-0.3, -0.25) is 23.6 Å². The van der Waals surface area contributed by atoms with E-state index in [0.29, 0.717) is 89.4 Å². The number of hydrogen-bond acceptors (Lipinski definition) is 13. The predicted octanol–water partition coefficient (Wildman–Crippen LogP) is 7.43. The number of quaternary nitrogens is 1. The molecule has 4 N–H and O–H groups in total. The van der Waals surface area contributed by atoms with Crippen LogP contribution in [0.4, 0.5) is 0 Å². The summed E-state index contributed by atoms with van der Waals surface area (Å²) in [6, 6.07) is 0. The molecule has 0 fully saturated rings. The average Bonchev–Trinajstić information content (AvgIpc) is 3.29. The van der Waals surface area contributed by atoms with Gasteiger partial charge in [0.2, 0.25) is 16.3 Å². The molecule has 0 radical (unpaired) electrons. The Labute approximate surface area is 404 Å². The molecule has 16 heteroatoms. The van der Waals surface area contributed by atoms with E-state index in [1.54, 1.807) is 4.90 Å². The Morgan fingerprint density at radius 2 is 0.848 bits per heavy atom. The van der Waals surface area contributed by atoms with Crippen LogP contribution in [0.5, 0.6) is 0 Å². The van der Waals surface area contributed by atoms with Crippen LogP contribution in [0.3, 0.4) is 0 Å². The van der Waals surface area contributed by atoms with Crippen molar-refractivity contribution in [2.24, 2.45) is 0 Å². The number of hydrogen-bond donors (Lipinski definition) is 4. The summed E-state index contributed by atoms with van der Waals surface area (Å²) in [4.78, 5) is 31.7. The van der Waals surface area contributed by atoms with E-state index >= 15 is 0 Å². The smallest absolute Gasteiger partial charge is 0.305 e. The number of nitrogens with zero attached hydrogens (tertiary/aromatic N) is 4. The number of carbonyl (C=O) groups is 2. The average molecular weight is 969 g/mol. The number of aliphatic hydroxyl groups is 4. The Kier molecular flexibility index (Phi) is 49.0. The third-order valence-corrected chi connectivity index (χ3v) is 13.1. The largest absolute Gasteiger partial charge is 0.726 e.